The van der Waals surface area contributed by atoms with Crippen molar-refractivity contribution in [2.75, 3.05) is 32.7 Å². The van der Waals surface area contributed by atoms with Gasteiger partial charge in [-0.3, -0.25) is 9.69 Å². The molecule has 134 valence electrons. The molecule has 5 nitrogen and oxygen atoms in total. The molecule has 8 heteroatoms. The Balaban J connectivity index is 1.69. The Labute approximate surface area is 143 Å². The second kappa shape index (κ2) is 7.37. The molecule has 0 bridgehead atoms. The fourth-order valence-corrected chi connectivity index (χ4v) is 2.92. The van der Waals surface area contributed by atoms with E-state index in [2.05, 4.69) is 15.6 Å². The van der Waals surface area contributed by atoms with Crippen LogP contribution in [0.15, 0.2) is 36.4 Å². The largest absolute Gasteiger partial charge is 0.405 e. The number of hydrogen-bond donors (Lipinski definition) is 2. The summed E-state index contributed by atoms with van der Waals surface area (Å²) in [5, 5.41) is 6.28. The van der Waals surface area contributed by atoms with Crippen LogP contribution in [0, 0.1) is 0 Å². The number of pyridine rings is 1. The van der Waals surface area contributed by atoms with E-state index in [0.29, 0.717) is 31.7 Å². The number of carbonyl (C=O) groups is 1. The summed E-state index contributed by atoms with van der Waals surface area (Å²) in [5.74, 6) is -0.602. The summed E-state index contributed by atoms with van der Waals surface area (Å²) in [6.07, 6.45) is -4.40. The molecule has 1 atom stereocenters. The Morgan fingerprint density at radius 2 is 1.92 bits per heavy atom. The van der Waals surface area contributed by atoms with Crippen molar-refractivity contribution in [2.45, 2.75) is 12.2 Å². The maximum atomic E-state index is 13.3. The highest BCUT2D eigenvalue weighted by molar-refractivity contribution is 5.94. The molecule has 0 radical (unpaired) electrons. The molecule has 1 aromatic carbocycles. The summed E-state index contributed by atoms with van der Waals surface area (Å²) in [4.78, 5) is 17.8. The standard InChI is InChI=1S/C17H19F3N4O/c18-17(19,20)15(24-9-7-21-8-10-24)11-22-16(25)14-6-5-12-3-1-2-4-13(12)23-14/h1-6,15,21H,7-11H2,(H,22,25). The number of fused-ring (bicyclic) bond motifs is 1. The monoisotopic (exact) mass is 352 g/mol. The minimum absolute atomic E-state index is 0.111. The average Bonchev–Trinajstić information content (AvgIpc) is 2.61. The highest BCUT2D eigenvalue weighted by Gasteiger charge is 2.43. The fraction of sp³-hybridized carbons (Fsp3) is 0.412. The van der Waals surface area contributed by atoms with E-state index in [1.54, 1.807) is 18.2 Å². The van der Waals surface area contributed by atoms with Gasteiger partial charge >= 0.3 is 6.18 Å². The number of rotatable bonds is 4. The van der Waals surface area contributed by atoms with Crippen molar-refractivity contribution in [2.24, 2.45) is 0 Å². The van der Waals surface area contributed by atoms with Crippen LogP contribution >= 0.6 is 0 Å². The summed E-state index contributed by atoms with van der Waals surface area (Å²) in [5.41, 5.74) is 0.740. The van der Waals surface area contributed by atoms with Crippen LogP contribution in [0.2, 0.25) is 0 Å². The van der Waals surface area contributed by atoms with Crippen molar-refractivity contribution in [1.82, 2.24) is 20.5 Å². The van der Waals surface area contributed by atoms with E-state index in [1.807, 2.05) is 12.1 Å². The first-order chi connectivity index (χ1) is 11.9. The predicted molar refractivity (Wildman–Crippen MR) is 88.4 cm³/mol. The minimum Gasteiger partial charge on any atom is -0.349 e. The van der Waals surface area contributed by atoms with Crippen LogP contribution < -0.4 is 10.6 Å². The van der Waals surface area contributed by atoms with Crippen LogP contribution in [0.25, 0.3) is 10.9 Å². The molecule has 1 saturated heterocycles. The van der Waals surface area contributed by atoms with Gasteiger partial charge in [0.25, 0.3) is 5.91 Å². The number of benzene rings is 1. The van der Waals surface area contributed by atoms with Gasteiger partial charge in [0.2, 0.25) is 0 Å². The number of para-hydroxylation sites is 1. The lowest BCUT2D eigenvalue weighted by molar-refractivity contribution is -0.183. The molecule has 3 rings (SSSR count). The SMILES string of the molecule is O=C(NCC(N1CCNCC1)C(F)(F)F)c1ccc2ccccc2n1. The molecule has 2 heterocycles. The van der Waals surface area contributed by atoms with Gasteiger partial charge in [0.05, 0.1) is 5.52 Å². The Kier molecular flexibility index (Phi) is 5.19. The number of nitrogens with zero attached hydrogens (tertiary/aromatic N) is 2. The van der Waals surface area contributed by atoms with E-state index >= 15 is 0 Å². The van der Waals surface area contributed by atoms with Crippen LogP contribution in [0.4, 0.5) is 13.2 Å². The van der Waals surface area contributed by atoms with E-state index < -0.39 is 24.7 Å². The van der Waals surface area contributed by atoms with Crippen LogP contribution in [-0.2, 0) is 0 Å². The summed E-state index contributed by atoms with van der Waals surface area (Å²) in [7, 11) is 0. The van der Waals surface area contributed by atoms with Gasteiger partial charge in [0.15, 0.2) is 0 Å². The van der Waals surface area contributed by atoms with E-state index in [4.69, 9.17) is 0 Å². The highest BCUT2D eigenvalue weighted by atomic mass is 19.4. The number of nitrogens with one attached hydrogen (secondary N) is 2. The van der Waals surface area contributed by atoms with Gasteiger partial charge in [-0.2, -0.15) is 13.2 Å². The number of halogens is 3. The lowest BCUT2D eigenvalue weighted by Crippen LogP contribution is -2.57. The molecular formula is C17H19F3N4O. The molecule has 1 fully saturated rings. The first kappa shape index (κ1) is 17.6. The van der Waals surface area contributed by atoms with Crippen LogP contribution in [0.5, 0.6) is 0 Å². The third-order valence-corrected chi connectivity index (χ3v) is 4.26. The van der Waals surface area contributed by atoms with Crippen LogP contribution in [0.1, 0.15) is 10.5 Å². The number of carbonyl (C=O) groups excluding carboxylic acids is 1. The molecule has 25 heavy (non-hydrogen) atoms. The minimum atomic E-state index is -4.40. The summed E-state index contributed by atoms with van der Waals surface area (Å²) < 4.78 is 40.0. The zero-order valence-corrected chi connectivity index (χ0v) is 13.5. The topological polar surface area (TPSA) is 57.3 Å². The summed E-state index contributed by atoms with van der Waals surface area (Å²) >= 11 is 0. The predicted octanol–water partition coefficient (Wildman–Crippen LogP) is 1.80. The number of amides is 1. The summed E-state index contributed by atoms with van der Waals surface area (Å²) in [6.45, 7) is 1.12. The third kappa shape index (κ3) is 4.26. The van der Waals surface area contributed by atoms with Gasteiger partial charge in [-0.1, -0.05) is 24.3 Å². The summed E-state index contributed by atoms with van der Waals surface area (Å²) in [6, 6.07) is 8.81. The average molecular weight is 352 g/mol. The molecule has 1 aliphatic heterocycles. The lowest BCUT2D eigenvalue weighted by Gasteiger charge is -2.35. The maximum Gasteiger partial charge on any atom is 0.405 e. The van der Waals surface area contributed by atoms with Crippen molar-refractivity contribution in [3.05, 3.63) is 42.1 Å². The van der Waals surface area contributed by atoms with E-state index in [-0.39, 0.29) is 5.69 Å². The third-order valence-electron chi connectivity index (χ3n) is 4.26. The van der Waals surface area contributed by atoms with Crippen LogP contribution in [-0.4, -0.2) is 60.7 Å². The molecule has 2 N–H and O–H groups in total. The number of hydrogen-bond acceptors (Lipinski definition) is 4. The second-order valence-electron chi connectivity index (χ2n) is 5.94. The van der Waals surface area contributed by atoms with E-state index in [9.17, 15) is 18.0 Å². The first-order valence-corrected chi connectivity index (χ1v) is 8.10. The molecule has 0 spiro atoms. The van der Waals surface area contributed by atoms with Gasteiger partial charge in [0, 0.05) is 38.1 Å². The molecule has 1 unspecified atom stereocenters. The van der Waals surface area contributed by atoms with Crippen molar-refractivity contribution in [3.63, 3.8) is 0 Å². The van der Waals surface area contributed by atoms with Gasteiger partial charge < -0.3 is 10.6 Å². The van der Waals surface area contributed by atoms with Crippen LogP contribution in [0.3, 0.4) is 0 Å². The van der Waals surface area contributed by atoms with Crippen molar-refractivity contribution in [3.8, 4) is 0 Å². The van der Waals surface area contributed by atoms with Gasteiger partial charge in [-0.15, -0.1) is 0 Å². The Hall–Kier alpha value is -2.19. The molecule has 2 aromatic rings. The maximum absolute atomic E-state index is 13.3. The number of alkyl halides is 3. The number of piperazine rings is 1. The number of aromatic nitrogens is 1. The van der Waals surface area contributed by atoms with Gasteiger partial charge in [0.1, 0.15) is 11.7 Å². The molecule has 1 aromatic heterocycles. The Morgan fingerprint density at radius 1 is 1.20 bits per heavy atom. The zero-order chi connectivity index (χ0) is 17.9. The van der Waals surface area contributed by atoms with Gasteiger partial charge in [-0.25, -0.2) is 4.98 Å². The molecule has 1 amide bonds. The van der Waals surface area contributed by atoms with E-state index in [0.717, 1.165) is 5.39 Å². The lowest BCUT2D eigenvalue weighted by atomic mass is 10.2. The van der Waals surface area contributed by atoms with Gasteiger partial charge in [-0.05, 0) is 12.1 Å². The quantitative estimate of drug-likeness (QED) is 0.881. The second-order valence-corrected chi connectivity index (χ2v) is 5.94. The smallest absolute Gasteiger partial charge is 0.349 e. The molecule has 1 aliphatic rings. The van der Waals surface area contributed by atoms with Crippen molar-refractivity contribution < 1.29 is 18.0 Å². The van der Waals surface area contributed by atoms with E-state index in [1.165, 1.54) is 11.0 Å². The molecular weight excluding hydrogens is 333 g/mol. The normalized spacial score (nSPS) is 17.4. The first-order valence-electron chi connectivity index (χ1n) is 8.10. The molecule has 0 aliphatic carbocycles. The Bertz CT molecular complexity index is 744. The van der Waals surface area contributed by atoms with Crippen molar-refractivity contribution in [1.29, 1.82) is 0 Å². The van der Waals surface area contributed by atoms with Crippen molar-refractivity contribution >= 4 is 16.8 Å². The molecule has 0 saturated carbocycles. The fourth-order valence-electron chi connectivity index (χ4n) is 2.92. The zero-order valence-electron chi connectivity index (χ0n) is 13.5. The highest BCUT2D eigenvalue weighted by Crippen LogP contribution is 2.25. The Morgan fingerprint density at radius 3 is 2.64 bits per heavy atom.